The molecule has 0 radical (unpaired) electrons. The third-order valence-electron chi connectivity index (χ3n) is 3.70. The third-order valence-corrected chi connectivity index (χ3v) is 3.70. The number of carbonyl (C=O) groups excluding carboxylic acids is 1. The van der Waals surface area contributed by atoms with E-state index < -0.39 is 0 Å². The summed E-state index contributed by atoms with van der Waals surface area (Å²) in [6.45, 7) is 10.8. The zero-order valence-electron chi connectivity index (χ0n) is 9.55. The largest absolute Gasteiger partial charge is 0.321 e. The summed E-state index contributed by atoms with van der Waals surface area (Å²) in [6.07, 6.45) is 0.759. The number of likely N-dealkylation sites (tertiary alicyclic amines) is 1. The minimum atomic E-state index is 0.248. The first-order valence-corrected chi connectivity index (χ1v) is 5.14. The molecule has 0 amide bonds. The lowest BCUT2D eigenvalue weighted by atomic mass is 9.90. The molecular formula is C11H22NO+. The zero-order chi connectivity index (χ0) is 10.3. The van der Waals surface area contributed by atoms with Gasteiger partial charge in [-0.15, -0.1) is 0 Å². The summed E-state index contributed by atoms with van der Waals surface area (Å²) in [5.41, 5.74) is 0.259. The number of rotatable bonds is 0. The molecule has 0 N–H and O–H groups in total. The first-order chi connectivity index (χ1) is 5.76. The average molecular weight is 184 g/mol. The Morgan fingerprint density at radius 2 is 1.92 bits per heavy atom. The van der Waals surface area contributed by atoms with E-state index in [0.717, 1.165) is 24.0 Å². The Morgan fingerprint density at radius 1 is 1.38 bits per heavy atom. The molecule has 0 aromatic carbocycles. The first kappa shape index (κ1) is 10.7. The van der Waals surface area contributed by atoms with Gasteiger partial charge in [0.25, 0.3) is 0 Å². The molecule has 2 heteroatoms. The highest BCUT2D eigenvalue weighted by atomic mass is 16.1. The van der Waals surface area contributed by atoms with Crippen LogP contribution in [0.5, 0.6) is 0 Å². The van der Waals surface area contributed by atoms with Crippen LogP contribution in [0, 0.1) is 5.92 Å². The molecule has 1 rings (SSSR count). The molecule has 1 saturated heterocycles. The zero-order valence-corrected chi connectivity index (χ0v) is 9.55. The predicted molar refractivity (Wildman–Crippen MR) is 54.5 cm³/mol. The Balaban J connectivity index is 2.79. The maximum absolute atomic E-state index is 11.4. The SMILES string of the molecule is CC1C[N+](C)(C(C)(C)C)CCC1=O. The second-order valence-electron chi connectivity index (χ2n) is 5.59. The van der Waals surface area contributed by atoms with Crippen LogP contribution in [0.15, 0.2) is 0 Å². The summed E-state index contributed by atoms with van der Waals surface area (Å²) in [4.78, 5) is 11.4. The molecule has 0 aromatic rings. The second-order valence-corrected chi connectivity index (χ2v) is 5.59. The van der Waals surface area contributed by atoms with E-state index in [4.69, 9.17) is 0 Å². The highest BCUT2D eigenvalue weighted by Crippen LogP contribution is 2.28. The normalized spacial score (nSPS) is 36.4. The highest BCUT2D eigenvalue weighted by molar-refractivity contribution is 5.81. The summed E-state index contributed by atoms with van der Waals surface area (Å²) < 4.78 is 1.03. The van der Waals surface area contributed by atoms with E-state index in [1.54, 1.807) is 0 Å². The standard InChI is InChI=1S/C11H22NO/c1-9-8-12(5,11(2,3)4)7-6-10(9)13/h9H,6-8H2,1-5H3/q+1. The lowest BCUT2D eigenvalue weighted by Gasteiger charge is -2.49. The quantitative estimate of drug-likeness (QED) is 0.525. The van der Waals surface area contributed by atoms with E-state index in [2.05, 4.69) is 34.7 Å². The van der Waals surface area contributed by atoms with Crippen LogP contribution in [0.25, 0.3) is 0 Å². The van der Waals surface area contributed by atoms with Gasteiger partial charge in [0.2, 0.25) is 0 Å². The fraction of sp³-hybridized carbons (Fsp3) is 0.909. The third kappa shape index (κ3) is 1.93. The van der Waals surface area contributed by atoms with Crippen molar-refractivity contribution in [2.24, 2.45) is 5.92 Å². The number of ketones is 1. The van der Waals surface area contributed by atoms with Crippen molar-refractivity contribution in [3.05, 3.63) is 0 Å². The van der Waals surface area contributed by atoms with Crippen molar-refractivity contribution in [2.75, 3.05) is 20.1 Å². The van der Waals surface area contributed by atoms with Crippen molar-refractivity contribution in [1.29, 1.82) is 0 Å². The molecule has 2 unspecified atom stereocenters. The molecule has 1 aliphatic heterocycles. The first-order valence-electron chi connectivity index (χ1n) is 5.14. The van der Waals surface area contributed by atoms with E-state index in [1.807, 2.05) is 0 Å². The molecule has 1 heterocycles. The second kappa shape index (κ2) is 3.09. The van der Waals surface area contributed by atoms with Gasteiger partial charge in [0, 0.05) is 0 Å². The molecule has 76 valence electrons. The Morgan fingerprint density at radius 3 is 2.31 bits per heavy atom. The number of hydrogen-bond donors (Lipinski definition) is 0. The smallest absolute Gasteiger partial charge is 0.146 e. The Kier molecular flexibility index (Phi) is 2.54. The van der Waals surface area contributed by atoms with E-state index in [1.165, 1.54) is 0 Å². The van der Waals surface area contributed by atoms with Gasteiger partial charge in [0.1, 0.15) is 5.78 Å². The van der Waals surface area contributed by atoms with Gasteiger partial charge >= 0.3 is 0 Å². The molecule has 0 aliphatic carbocycles. The molecule has 2 atom stereocenters. The molecule has 0 bridgehead atoms. The molecule has 1 aliphatic rings. The lowest BCUT2D eigenvalue weighted by Crippen LogP contribution is -2.62. The van der Waals surface area contributed by atoms with Gasteiger partial charge in [-0.2, -0.15) is 0 Å². The number of Topliss-reactive ketones (excluding diaryl/α,β-unsaturated/α-hetero) is 1. The maximum Gasteiger partial charge on any atom is 0.146 e. The van der Waals surface area contributed by atoms with Gasteiger partial charge in [-0.3, -0.25) is 4.79 Å². The Labute approximate surface area is 81.5 Å². The number of nitrogens with zero attached hydrogens (tertiary/aromatic N) is 1. The molecule has 0 saturated carbocycles. The van der Waals surface area contributed by atoms with Crippen molar-refractivity contribution in [3.63, 3.8) is 0 Å². The van der Waals surface area contributed by atoms with Gasteiger partial charge in [0.15, 0.2) is 0 Å². The van der Waals surface area contributed by atoms with Crippen LogP contribution in [0.1, 0.15) is 34.1 Å². The summed E-state index contributed by atoms with van der Waals surface area (Å²) in [7, 11) is 2.27. The monoisotopic (exact) mass is 184 g/mol. The molecule has 13 heavy (non-hydrogen) atoms. The molecule has 1 fully saturated rings. The van der Waals surface area contributed by atoms with Crippen molar-refractivity contribution in [3.8, 4) is 0 Å². The maximum atomic E-state index is 11.4. The van der Waals surface area contributed by atoms with Gasteiger partial charge in [0.05, 0.1) is 38.0 Å². The number of quaternary nitrogens is 1. The van der Waals surface area contributed by atoms with Crippen molar-refractivity contribution in [2.45, 2.75) is 39.7 Å². The topological polar surface area (TPSA) is 17.1 Å². The van der Waals surface area contributed by atoms with Crippen LogP contribution in [0.4, 0.5) is 0 Å². The van der Waals surface area contributed by atoms with Crippen LogP contribution < -0.4 is 0 Å². The lowest BCUT2D eigenvalue weighted by molar-refractivity contribution is -0.957. The van der Waals surface area contributed by atoms with Gasteiger partial charge in [-0.25, -0.2) is 0 Å². The van der Waals surface area contributed by atoms with Gasteiger partial charge in [-0.05, 0) is 20.8 Å². The highest BCUT2D eigenvalue weighted by Gasteiger charge is 2.42. The van der Waals surface area contributed by atoms with E-state index >= 15 is 0 Å². The predicted octanol–water partition coefficient (Wildman–Crippen LogP) is 1.84. The Hall–Kier alpha value is -0.370. The molecular weight excluding hydrogens is 162 g/mol. The summed E-state index contributed by atoms with van der Waals surface area (Å²) in [6, 6.07) is 0. The van der Waals surface area contributed by atoms with Crippen LogP contribution in [-0.4, -0.2) is 35.9 Å². The van der Waals surface area contributed by atoms with Crippen LogP contribution in [0.2, 0.25) is 0 Å². The number of piperidine rings is 1. The summed E-state index contributed by atoms with van der Waals surface area (Å²) in [5.74, 6) is 0.692. The van der Waals surface area contributed by atoms with E-state index in [0.29, 0.717) is 5.78 Å². The van der Waals surface area contributed by atoms with E-state index in [9.17, 15) is 4.79 Å². The minimum Gasteiger partial charge on any atom is -0.321 e. The summed E-state index contributed by atoms with van der Waals surface area (Å²) >= 11 is 0. The molecule has 2 nitrogen and oxygen atoms in total. The van der Waals surface area contributed by atoms with Gasteiger partial charge < -0.3 is 4.48 Å². The molecule has 0 aromatic heterocycles. The number of hydrogen-bond acceptors (Lipinski definition) is 1. The van der Waals surface area contributed by atoms with E-state index in [-0.39, 0.29) is 11.5 Å². The van der Waals surface area contributed by atoms with Crippen LogP contribution >= 0.6 is 0 Å². The van der Waals surface area contributed by atoms with Crippen LogP contribution in [0.3, 0.4) is 0 Å². The average Bonchev–Trinajstić information content (AvgIpc) is 1.95. The van der Waals surface area contributed by atoms with Gasteiger partial charge in [-0.1, -0.05) is 6.92 Å². The molecule has 0 spiro atoms. The van der Waals surface area contributed by atoms with Crippen molar-refractivity contribution >= 4 is 5.78 Å². The fourth-order valence-electron chi connectivity index (χ4n) is 2.01. The van der Waals surface area contributed by atoms with Crippen LogP contribution in [-0.2, 0) is 4.79 Å². The summed E-state index contributed by atoms with van der Waals surface area (Å²) in [5, 5.41) is 0. The fourth-order valence-corrected chi connectivity index (χ4v) is 2.01. The minimum absolute atomic E-state index is 0.248. The van der Waals surface area contributed by atoms with Crippen molar-refractivity contribution < 1.29 is 9.28 Å². The van der Waals surface area contributed by atoms with Crippen molar-refractivity contribution in [1.82, 2.24) is 0 Å². The Bertz CT molecular complexity index is 217. The number of carbonyl (C=O) groups is 1.